The molecule has 0 spiro atoms. The smallest absolute Gasteiger partial charge is 0.273 e. The van der Waals surface area contributed by atoms with Crippen molar-refractivity contribution in [3.8, 4) is 0 Å². The van der Waals surface area contributed by atoms with Crippen LogP contribution in [0.3, 0.4) is 0 Å². The molecule has 2 aromatic heterocycles. The number of amides is 1. The summed E-state index contributed by atoms with van der Waals surface area (Å²) < 4.78 is 5.27. The monoisotopic (exact) mass is 417 g/mol. The number of carbonyl (C=O) groups excluding carboxylic acids is 1. The zero-order valence-electron chi connectivity index (χ0n) is 17.1. The van der Waals surface area contributed by atoms with Crippen molar-refractivity contribution in [3.63, 3.8) is 0 Å². The molecular weight excluding hydrogens is 394 g/mol. The second kappa shape index (κ2) is 8.87. The largest absolute Gasteiger partial charge is 0.467 e. The zero-order valence-corrected chi connectivity index (χ0v) is 17.1. The lowest BCUT2D eigenvalue weighted by Gasteiger charge is -2.17. The van der Waals surface area contributed by atoms with Gasteiger partial charge in [0.25, 0.3) is 5.69 Å². The molecule has 7 nitrogen and oxygen atoms in total. The van der Waals surface area contributed by atoms with Crippen LogP contribution < -0.4 is 5.32 Å². The summed E-state index contributed by atoms with van der Waals surface area (Å²) in [5, 5.41) is 15.5. The number of carbonyl (C=O) groups is 1. The summed E-state index contributed by atoms with van der Waals surface area (Å²) in [6, 6.07) is 16.2. The number of nitrogens with one attached hydrogen (secondary N) is 2. The Hall–Kier alpha value is -3.87. The molecule has 4 rings (SSSR count). The first-order chi connectivity index (χ1) is 15.1. The maximum Gasteiger partial charge on any atom is 0.273 e. The Morgan fingerprint density at radius 1 is 1.13 bits per heavy atom. The highest BCUT2D eigenvalue weighted by Crippen LogP contribution is 2.38. The number of aromatic nitrogens is 1. The lowest BCUT2D eigenvalue weighted by Crippen LogP contribution is -2.25. The first kappa shape index (κ1) is 20.4. The minimum absolute atomic E-state index is 0.00679. The highest BCUT2D eigenvalue weighted by atomic mass is 16.6. The SMILES string of the molecule is CCc1cccc2c([C@@H](CC(=O)NCc3ccco3)c3ccccc3[N+](=O)[O-])c[nH]c12. The number of nitrogens with zero attached hydrogens (tertiary/aromatic N) is 1. The molecule has 0 aliphatic carbocycles. The Kier molecular flexibility index (Phi) is 5.84. The molecular formula is C24H23N3O4. The van der Waals surface area contributed by atoms with Crippen molar-refractivity contribution < 1.29 is 14.1 Å². The Bertz CT molecular complexity index is 1210. The summed E-state index contributed by atoms with van der Waals surface area (Å²) in [7, 11) is 0. The van der Waals surface area contributed by atoms with E-state index in [9.17, 15) is 14.9 Å². The van der Waals surface area contributed by atoms with Gasteiger partial charge in [-0.25, -0.2) is 0 Å². The van der Waals surface area contributed by atoms with E-state index < -0.39 is 10.8 Å². The molecule has 0 aliphatic rings. The number of furan rings is 1. The molecule has 4 aromatic rings. The summed E-state index contributed by atoms with van der Waals surface area (Å²) in [6.07, 6.45) is 4.35. The van der Waals surface area contributed by atoms with Gasteiger partial charge in [0.15, 0.2) is 0 Å². The van der Waals surface area contributed by atoms with Crippen molar-refractivity contribution in [1.82, 2.24) is 10.3 Å². The number of hydrogen-bond donors (Lipinski definition) is 2. The molecule has 158 valence electrons. The van der Waals surface area contributed by atoms with Gasteiger partial charge in [0, 0.05) is 41.1 Å². The van der Waals surface area contributed by atoms with Crippen molar-refractivity contribution in [2.75, 3.05) is 0 Å². The number of fused-ring (bicyclic) bond motifs is 1. The Balaban J connectivity index is 1.73. The van der Waals surface area contributed by atoms with Gasteiger partial charge in [-0.2, -0.15) is 0 Å². The van der Waals surface area contributed by atoms with Gasteiger partial charge < -0.3 is 14.7 Å². The molecule has 0 radical (unpaired) electrons. The lowest BCUT2D eigenvalue weighted by molar-refractivity contribution is -0.385. The van der Waals surface area contributed by atoms with Crippen molar-refractivity contribution in [2.45, 2.75) is 32.2 Å². The molecule has 0 saturated heterocycles. The van der Waals surface area contributed by atoms with E-state index in [4.69, 9.17) is 4.42 Å². The minimum atomic E-state index is -0.473. The van der Waals surface area contributed by atoms with Crippen LogP contribution in [0.15, 0.2) is 71.5 Å². The first-order valence-corrected chi connectivity index (χ1v) is 10.2. The van der Waals surface area contributed by atoms with Gasteiger partial charge in [0.1, 0.15) is 5.76 Å². The van der Waals surface area contributed by atoms with Crippen LogP contribution >= 0.6 is 0 Å². The number of hydrogen-bond acceptors (Lipinski definition) is 4. The summed E-state index contributed by atoms with van der Waals surface area (Å²) in [5.74, 6) is -0.0325. The van der Waals surface area contributed by atoms with E-state index in [0.29, 0.717) is 11.3 Å². The molecule has 0 aliphatic heterocycles. The van der Waals surface area contributed by atoms with E-state index in [1.54, 1.807) is 36.6 Å². The molecule has 0 fully saturated rings. The molecule has 1 atom stereocenters. The van der Waals surface area contributed by atoms with Crippen LogP contribution in [0, 0.1) is 10.1 Å². The molecule has 0 saturated carbocycles. The van der Waals surface area contributed by atoms with E-state index in [1.165, 1.54) is 6.07 Å². The third-order valence-corrected chi connectivity index (χ3v) is 5.53. The van der Waals surface area contributed by atoms with Crippen LogP contribution in [-0.4, -0.2) is 15.8 Å². The summed E-state index contributed by atoms with van der Waals surface area (Å²) in [6.45, 7) is 2.35. The van der Waals surface area contributed by atoms with Gasteiger partial charge in [-0.3, -0.25) is 14.9 Å². The number of nitro benzene ring substituents is 1. The van der Waals surface area contributed by atoms with Gasteiger partial charge >= 0.3 is 0 Å². The third kappa shape index (κ3) is 4.21. The van der Waals surface area contributed by atoms with Crippen LogP contribution in [0.5, 0.6) is 0 Å². The molecule has 31 heavy (non-hydrogen) atoms. The summed E-state index contributed by atoms with van der Waals surface area (Å²) in [5.41, 5.74) is 3.55. The number of benzene rings is 2. The summed E-state index contributed by atoms with van der Waals surface area (Å²) >= 11 is 0. The van der Waals surface area contributed by atoms with Crippen LogP contribution in [0.25, 0.3) is 10.9 Å². The number of H-pyrrole nitrogens is 1. The number of rotatable bonds is 8. The topological polar surface area (TPSA) is 101 Å². The average Bonchev–Trinajstić information content (AvgIpc) is 3.46. The zero-order chi connectivity index (χ0) is 21.8. The first-order valence-electron chi connectivity index (χ1n) is 10.2. The van der Waals surface area contributed by atoms with E-state index in [-0.39, 0.29) is 24.6 Å². The lowest BCUT2D eigenvalue weighted by atomic mass is 9.86. The predicted octanol–water partition coefficient (Wildman–Crippen LogP) is 5.07. The second-order valence-corrected chi connectivity index (χ2v) is 7.37. The van der Waals surface area contributed by atoms with Crippen LogP contribution in [-0.2, 0) is 17.8 Å². The van der Waals surface area contributed by atoms with Crippen molar-refractivity contribution in [2.24, 2.45) is 0 Å². The van der Waals surface area contributed by atoms with E-state index in [1.807, 2.05) is 18.3 Å². The van der Waals surface area contributed by atoms with E-state index in [2.05, 4.69) is 23.3 Å². The van der Waals surface area contributed by atoms with Crippen molar-refractivity contribution >= 4 is 22.5 Å². The van der Waals surface area contributed by atoms with E-state index >= 15 is 0 Å². The Labute approximate surface area is 179 Å². The molecule has 0 bridgehead atoms. The number of nitro groups is 1. The predicted molar refractivity (Wildman–Crippen MR) is 118 cm³/mol. The van der Waals surface area contributed by atoms with Gasteiger partial charge in [0.2, 0.25) is 5.91 Å². The van der Waals surface area contributed by atoms with Gasteiger partial charge in [-0.1, -0.05) is 43.3 Å². The number of para-hydroxylation sites is 2. The maximum absolute atomic E-state index is 12.8. The highest BCUT2D eigenvalue weighted by Gasteiger charge is 2.28. The van der Waals surface area contributed by atoms with Gasteiger partial charge in [-0.15, -0.1) is 0 Å². The average molecular weight is 417 g/mol. The molecule has 2 N–H and O–H groups in total. The minimum Gasteiger partial charge on any atom is -0.467 e. The molecule has 0 unspecified atom stereocenters. The quantitative estimate of drug-likeness (QED) is 0.309. The normalized spacial score (nSPS) is 12.0. The number of aryl methyl sites for hydroxylation is 1. The van der Waals surface area contributed by atoms with Gasteiger partial charge in [0.05, 0.1) is 17.7 Å². The third-order valence-electron chi connectivity index (χ3n) is 5.53. The second-order valence-electron chi connectivity index (χ2n) is 7.37. The fourth-order valence-corrected chi connectivity index (χ4v) is 4.01. The Morgan fingerprint density at radius 2 is 1.97 bits per heavy atom. The van der Waals surface area contributed by atoms with E-state index in [0.717, 1.165) is 28.5 Å². The highest BCUT2D eigenvalue weighted by molar-refractivity contribution is 5.88. The Morgan fingerprint density at radius 3 is 2.71 bits per heavy atom. The molecule has 2 heterocycles. The molecule has 7 heteroatoms. The standard InChI is InChI=1S/C24H23N3O4/c1-2-16-7-5-10-19-21(15-26-24(16)19)20(18-9-3-4-11-22(18)27(29)30)13-23(28)25-14-17-8-6-12-31-17/h3-12,15,20,26H,2,13-14H2,1H3,(H,25,28)/t20-/m0/s1. The van der Waals surface area contributed by atoms with Crippen LogP contribution in [0.4, 0.5) is 5.69 Å². The van der Waals surface area contributed by atoms with Gasteiger partial charge in [-0.05, 0) is 29.7 Å². The number of aromatic amines is 1. The molecule has 1 amide bonds. The van der Waals surface area contributed by atoms with Crippen LogP contribution in [0.1, 0.15) is 41.7 Å². The van der Waals surface area contributed by atoms with Crippen LogP contribution in [0.2, 0.25) is 0 Å². The fourth-order valence-electron chi connectivity index (χ4n) is 4.01. The van der Waals surface area contributed by atoms with Crippen molar-refractivity contribution in [3.05, 3.63) is 99.6 Å². The summed E-state index contributed by atoms with van der Waals surface area (Å²) in [4.78, 5) is 27.5. The molecule has 2 aromatic carbocycles. The maximum atomic E-state index is 12.8. The fraction of sp³-hybridized carbons (Fsp3) is 0.208. The van der Waals surface area contributed by atoms with Crippen molar-refractivity contribution in [1.29, 1.82) is 0 Å².